The Morgan fingerprint density at radius 3 is 1.58 bits per heavy atom. The van der Waals surface area contributed by atoms with Crippen LogP contribution in [-0.2, 0) is 13.3 Å². The summed E-state index contributed by atoms with van der Waals surface area (Å²) in [4.78, 5) is 0. The highest BCUT2D eigenvalue weighted by molar-refractivity contribution is 6.73. The summed E-state index contributed by atoms with van der Waals surface area (Å²) in [6.45, 7) is 15.5. The van der Waals surface area contributed by atoms with Crippen LogP contribution in [0.25, 0.3) is 0 Å². The van der Waals surface area contributed by atoms with Crippen molar-refractivity contribution in [3.05, 3.63) is 0 Å². The molecule has 0 aromatic heterocycles. The maximum Gasteiger partial charge on any atom is 0.334 e. The van der Waals surface area contributed by atoms with Crippen molar-refractivity contribution in [2.75, 3.05) is 19.8 Å². The summed E-state index contributed by atoms with van der Waals surface area (Å²) in [6.07, 6.45) is 1.07. The minimum atomic E-state index is -1.94. The first kappa shape index (κ1) is 19.3. The highest BCUT2D eigenvalue weighted by Crippen LogP contribution is 2.23. The molecule has 0 atom stereocenters. The fourth-order valence-corrected chi connectivity index (χ4v) is 7.60. The molecule has 116 valence electrons. The Balaban J connectivity index is 4.12. The summed E-state index contributed by atoms with van der Waals surface area (Å²) < 4.78 is 18.0. The van der Waals surface area contributed by atoms with Crippen LogP contribution in [-0.4, -0.2) is 36.7 Å². The molecule has 0 N–H and O–H groups in total. The van der Waals surface area contributed by atoms with Gasteiger partial charge in [0.25, 0.3) is 0 Å². The molecule has 0 amide bonds. The minimum Gasteiger partial charge on any atom is -0.417 e. The van der Waals surface area contributed by atoms with E-state index in [-0.39, 0.29) is 0 Å². The average Bonchev–Trinajstić information content (AvgIpc) is 2.40. The highest BCUT2D eigenvalue weighted by Gasteiger charge is 2.32. The largest absolute Gasteiger partial charge is 0.417 e. The Morgan fingerprint density at radius 1 is 0.737 bits per heavy atom. The van der Waals surface area contributed by atoms with Crippen LogP contribution in [0.2, 0.25) is 30.7 Å². The maximum absolute atomic E-state index is 6.28. The van der Waals surface area contributed by atoms with Gasteiger partial charge in [-0.2, -0.15) is 0 Å². The number of rotatable bonds is 12. The molecule has 0 spiro atoms. The molecule has 0 saturated heterocycles. The maximum atomic E-state index is 6.28. The van der Waals surface area contributed by atoms with Crippen molar-refractivity contribution in [3.63, 3.8) is 0 Å². The van der Waals surface area contributed by atoms with E-state index in [4.69, 9.17) is 13.3 Å². The van der Waals surface area contributed by atoms with Crippen molar-refractivity contribution < 1.29 is 13.3 Å². The van der Waals surface area contributed by atoms with Crippen LogP contribution in [0.4, 0.5) is 0 Å². The summed E-state index contributed by atoms with van der Waals surface area (Å²) in [6, 6.07) is 4.72. The van der Waals surface area contributed by atoms with Crippen LogP contribution in [0, 0.1) is 0 Å². The third-order valence-corrected chi connectivity index (χ3v) is 11.8. The lowest BCUT2D eigenvalue weighted by atomic mass is 10.5. The minimum absolute atomic E-state index is 0.751. The van der Waals surface area contributed by atoms with Crippen LogP contribution >= 0.6 is 0 Å². The molecule has 0 aliphatic carbocycles. The van der Waals surface area contributed by atoms with Gasteiger partial charge < -0.3 is 13.3 Å². The van der Waals surface area contributed by atoms with Gasteiger partial charge in [-0.3, -0.25) is 0 Å². The van der Waals surface area contributed by atoms with Gasteiger partial charge >= 0.3 is 8.56 Å². The molecule has 0 aromatic carbocycles. The first-order chi connectivity index (χ1) is 9.01. The van der Waals surface area contributed by atoms with Gasteiger partial charge in [-0.15, -0.1) is 0 Å². The van der Waals surface area contributed by atoms with Crippen LogP contribution in [0.5, 0.6) is 0 Å². The number of hydrogen-bond donors (Lipinski definition) is 0. The molecule has 0 bridgehead atoms. The Bertz CT molecular complexity index is 206. The molecular weight excluding hydrogens is 272 g/mol. The third kappa shape index (κ3) is 7.04. The second-order valence-corrected chi connectivity index (χ2v) is 13.3. The van der Waals surface area contributed by atoms with E-state index in [9.17, 15) is 0 Å². The zero-order valence-corrected chi connectivity index (χ0v) is 15.9. The van der Waals surface area contributed by atoms with Crippen molar-refractivity contribution in [2.45, 2.75) is 71.8 Å². The zero-order valence-electron chi connectivity index (χ0n) is 13.9. The van der Waals surface area contributed by atoms with Crippen LogP contribution < -0.4 is 0 Å². The average molecular weight is 307 g/mol. The van der Waals surface area contributed by atoms with E-state index in [1.807, 2.05) is 13.8 Å². The number of hydrogen-bond acceptors (Lipinski definition) is 3. The molecule has 0 saturated carbocycles. The molecule has 5 heteroatoms. The molecule has 0 heterocycles. The molecule has 0 aromatic rings. The smallest absolute Gasteiger partial charge is 0.334 e. The van der Waals surface area contributed by atoms with E-state index < -0.39 is 16.9 Å². The van der Waals surface area contributed by atoms with Crippen molar-refractivity contribution in [3.8, 4) is 0 Å². The molecule has 0 aliphatic heterocycles. The van der Waals surface area contributed by atoms with Crippen molar-refractivity contribution in [1.82, 2.24) is 0 Å². The van der Waals surface area contributed by atoms with Gasteiger partial charge in [0.05, 0.1) is 0 Å². The second-order valence-electron chi connectivity index (χ2n) is 5.20. The quantitative estimate of drug-likeness (QED) is 0.391. The van der Waals surface area contributed by atoms with E-state index in [0.717, 1.165) is 32.3 Å². The Labute approximate surface area is 122 Å². The molecule has 19 heavy (non-hydrogen) atoms. The lowest BCUT2D eigenvalue weighted by Gasteiger charge is -2.29. The fourth-order valence-electron chi connectivity index (χ4n) is 2.53. The normalized spacial score (nSPS) is 12.9. The third-order valence-electron chi connectivity index (χ3n) is 4.02. The molecule has 0 rings (SSSR count). The Hall–Kier alpha value is 0.314. The fraction of sp³-hybridized carbons (Fsp3) is 1.00. The van der Waals surface area contributed by atoms with Crippen molar-refractivity contribution >= 4 is 16.9 Å². The van der Waals surface area contributed by atoms with Gasteiger partial charge in [0.2, 0.25) is 0 Å². The molecule has 3 nitrogen and oxygen atoms in total. The summed E-state index contributed by atoms with van der Waals surface area (Å²) in [5.74, 6) is 0. The van der Waals surface area contributed by atoms with Gasteiger partial charge in [-0.1, -0.05) is 20.8 Å². The summed E-state index contributed by atoms with van der Waals surface area (Å²) in [5.41, 5.74) is 0. The summed E-state index contributed by atoms with van der Waals surface area (Å²) >= 11 is 0. The van der Waals surface area contributed by atoms with Gasteiger partial charge in [0.1, 0.15) is 0 Å². The molecule has 0 fully saturated rings. The van der Waals surface area contributed by atoms with E-state index in [1.165, 1.54) is 18.1 Å². The molecular formula is C14H34O3Si2. The monoisotopic (exact) mass is 306 g/mol. The van der Waals surface area contributed by atoms with Crippen LogP contribution in [0.15, 0.2) is 0 Å². The molecule has 0 aliphatic rings. The summed E-state index contributed by atoms with van der Waals surface area (Å²) in [7, 11) is -3.36. The Morgan fingerprint density at radius 2 is 1.21 bits per heavy atom. The SMILES string of the molecule is CCO[Si](C)(CCCO[Si](CC)(CC)CC)OCC. The zero-order chi connectivity index (χ0) is 14.8. The van der Waals surface area contributed by atoms with Gasteiger partial charge in [0, 0.05) is 19.8 Å². The molecule has 0 radical (unpaired) electrons. The second kappa shape index (κ2) is 10.1. The van der Waals surface area contributed by atoms with Crippen molar-refractivity contribution in [1.29, 1.82) is 0 Å². The highest BCUT2D eigenvalue weighted by atomic mass is 28.4. The summed E-state index contributed by atoms with van der Waals surface area (Å²) in [5, 5.41) is 0. The first-order valence-electron chi connectivity index (χ1n) is 7.93. The Kier molecular flexibility index (Phi) is 10.3. The topological polar surface area (TPSA) is 27.7 Å². The lowest BCUT2D eigenvalue weighted by Crippen LogP contribution is -2.40. The van der Waals surface area contributed by atoms with E-state index >= 15 is 0 Å². The van der Waals surface area contributed by atoms with E-state index in [1.54, 1.807) is 0 Å². The van der Waals surface area contributed by atoms with E-state index in [2.05, 4.69) is 27.3 Å². The first-order valence-corrected chi connectivity index (χ1v) is 13.0. The molecule has 0 unspecified atom stereocenters. The van der Waals surface area contributed by atoms with Gasteiger partial charge in [0.15, 0.2) is 8.32 Å². The van der Waals surface area contributed by atoms with Gasteiger partial charge in [-0.05, 0) is 51.0 Å². The van der Waals surface area contributed by atoms with Crippen LogP contribution in [0.3, 0.4) is 0 Å². The van der Waals surface area contributed by atoms with Crippen molar-refractivity contribution in [2.24, 2.45) is 0 Å². The predicted octanol–water partition coefficient (Wildman–Crippen LogP) is 4.54. The van der Waals surface area contributed by atoms with Gasteiger partial charge in [-0.25, -0.2) is 0 Å². The van der Waals surface area contributed by atoms with E-state index in [0.29, 0.717) is 0 Å². The predicted molar refractivity (Wildman–Crippen MR) is 87.4 cm³/mol. The lowest BCUT2D eigenvalue weighted by molar-refractivity contribution is 0.185. The standard InChI is InChI=1S/C14H34O3Si2/c1-7-15-18(6,16-8-2)14-12-13-17-19(9-3,10-4)11-5/h7-14H2,1-6H3. The van der Waals surface area contributed by atoms with Crippen LogP contribution in [0.1, 0.15) is 41.0 Å².